The summed E-state index contributed by atoms with van der Waals surface area (Å²) in [6, 6.07) is 23.5. The fourth-order valence-electron chi connectivity index (χ4n) is 2.21. The number of thioether (sulfide) groups is 1. The first kappa shape index (κ1) is 13.9. The molecule has 1 nitrogen and oxygen atoms in total. The normalized spacial score (nSPS) is 10.5. The molecule has 2 aromatic carbocycles. The SMILES string of the molecule is c1ccc(-c2ccc(SCCc3ccncc3)cc2)cc1. The van der Waals surface area contributed by atoms with Crippen molar-refractivity contribution in [1.82, 2.24) is 4.98 Å². The lowest BCUT2D eigenvalue weighted by molar-refractivity contribution is 1.13. The van der Waals surface area contributed by atoms with Gasteiger partial charge in [-0.25, -0.2) is 0 Å². The third-order valence-corrected chi connectivity index (χ3v) is 4.38. The lowest BCUT2D eigenvalue weighted by Crippen LogP contribution is -1.88. The first-order valence-corrected chi connectivity index (χ1v) is 8.07. The highest BCUT2D eigenvalue weighted by molar-refractivity contribution is 7.99. The van der Waals surface area contributed by atoms with Crippen LogP contribution >= 0.6 is 11.8 Å². The molecule has 0 saturated carbocycles. The Kier molecular flexibility index (Phi) is 4.70. The third-order valence-electron chi connectivity index (χ3n) is 3.37. The summed E-state index contributed by atoms with van der Waals surface area (Å²) in [7, 11) is 0. The van der Waals surface area contributed by atoms with E-state index in [9.17, 15) is 0 Å². The van der Waals surface area contributed by atoms with Gasteiger partial charge in [-0.2, -0.15) is 0 Å². The number of aryl methyl sites for hydroxylation is 1. The number of pyridine rings is 1. The topological polar surface area (TPSA) is 12.9 Å². The van der Waals surface area contributed by atoms with Crippen molar-refractivity contribution in [2.75, 3.05) is 5.75 Å². The molecule has 0 fully saturated rings. The van der Waals surface area contributed by atoms with E-state index in [1.54, 1.807) is 0 Å². The van der Waals surface area contributed by atoms with Gasteiger partial charge in [-0.1, -0.05) is 42.5 Å². The van der Waals surface area contributed by atoms with Crippen LogP contribution in [0.4, 0.5) is 0 Å². The molecule has 3 rings (SSSR count). The molecule has 0 saturated heterocycles. The second-order valence-electron chi connectivity index (χ2n) is 4.84. The Labute approximate surface area is 130 Å². The first-order valence-electron chi connectivity index (χ1n) is 7.09. The van der Waals surface area contributed by atoms with Crippen LogP contribution in [-0.4, -0.2) is 10.7 Å². The zero-order chi connectivity index (χ0) is 14.3. The van der Waals surface area contributed by atoms with E-state index < -0.39 is 0 Å². The van der Waals surface area contributed by atoms with Crippen molar-refractivity contribution in [3.8, 4) is 11.1 Å². The summed E-state index contributed by atoms with van der Waals surface area (Å²) in [6.45, 7) is 0. The van der Waals surface area contributed by atoms with Gasteiger partial charge in [0.1, 0.15) is 0 Å². The Morgan fingerprint density at radius 1 is 0.714 bits per heavy atom. The number of rotatable bonds is 5. The van der Waals surface area contributed by atoms with Crippen molar-refractivity contribution >= 4 is 11.8 Å². The van der Waals surface area contributed by atoms with Crippen LogP contribution in [0.15, 0.2) is 84.0 Å². The minimum Gasteiger partial charge on any atom is -0.265 e. The van der Waals surface area contributed by atoms with Gasteiger partial charge in [-0.15, -0.1) is 11.8 Å². The molecule has 0 aliphatic heterocycles. The highest BCUT2D eigenvalue weighted by Gasteiger charge is 1.99. The summed E-state index contributed by atoms with van der Waals surface area (Å²) in [5.41, 5.74) is 3.89. The van der Waals surface area contributed by atoms with Crippen molar-refractivity contribution < 1.29 is 0 Å². The van der Waals surface area contributed by atoms with Crippen LogP contribution in [-0.2, 0) is 6.42 Å². The van der Waals surface area contributed by atoms with Gasteiger partial charge in [0.25, 0.3) is 0 Å². The first-order chi connectivity index (χ1) is 10.4. The number of nitrogens with zero attached hydrogens (tertiary/aromatic N) is 1. The van der Waals surface area contributed by atoms with Gasteiger partial charge in [0.2, 0.25) is 0 Å². The maximum Gasteiger partial charge on any atom is 0.0270 e. The molecule has 0 aliphatic rings. The zero-order valence-electron chi connectivity index (χ0n) is 11.8. The van der Waals surface area contributed by atoms with Crippen LogP contribution in [0.2, 0.25) is 0 Å². The molecule has 0 bridgehead atoms. The van der Waals surface area contributed by atoms with E-state index in [4.69, 9.17) is 0 Å². The molecule has 0 atom stereocenters. The quantitative estimate of drug-likeness (QED) is 0.608. The summed E-state index contributed by atoms with van der Waals surface area (Å²) < 4.78 is 0. The molecular formula is C19H17NS. The average Bonchev–Trinajstić information content (AvgIpc) is 2.57. The second-order valence-corrected chi connectivity index (χ2v) is 6.01. The molecule has 1 heterocycles. The zero-order valence-corrected chi connectivity index (χ0v) is 12.6. The molecule has 21 heavy (non-hydrogen) atoms. The molecule has 0 spiro atoms. The van der Waals surface area contributed by atoms with Crippen LogP contribution in [0.25, 0.3) is 11.1 Å². The second kappa shape index (κ2) is 7.09. The summed E-state index contributed by atoms with van der Waals surface area (Å²) in [5.74, 6) is 1.09. The molecule has 1 aromatic heterocycles. The molecule has 3 aromatic rings. The minimum atomic E-state index is 1.08. The Balaban J connectivity index is 1.58. The highest BCUT2D eigenvalue weighted by Crippen LogP contribution is 2.24. The van der Waals surface area contributed by atoms with Gasteiger partial charge < -0.3 is 0 Å². The Morgan fingerprint density at radius 2 is 1.38 bits per heavy atom. The van der Waals surface area contributed by atoms with Crippen LogP contribution in [0, 0.1) is 0 Å². The maximum atomic E-state index is 4.04. The van der Waals surface area contributed by atoms with Gasteiger partial charge >= 0.3 is 0 Å². The molecular weight excluding hydrogens is 274 g/mol. The molecule has 0 N–H and O–H groups in total. The van der Waals surface area contributed by atoms with E-state index in [0.717, 1.165) is 12.2 Å². The highest BCUT2D eigenvalue weighted by atomic mass is 32.2. The predicted molar refractivity (Wildman–Crippen MR) is 90.5 cm³/mol. The van der Waals surface area contributed by atoms with Crippen LogP contribution in [0.5, 0.6) is 0 Å². The monoisotopic (exact) mass is 291 g/mol. The van der Waals surface area contributed by atoms with Crippen LogP contribution in [0.3, 0.4) is 0 Å². The fourth-order valence-corrected chi connectivity index (χ4v) is 3.11. The van der Waals surface area contributed by atoms with E-state index in [1.807, 2.05) is 30.2 Å². The minimum absolute atomic E-state index is 1.08. The Bertz CT molecular complexity index is 663. The standard InChI is InChI=1S/C19H17NS/c1-2-4-17(5-3-1)18-6-8-19(9-7-18)21-15-12-16-10-13-20-14-11-16/h1-11,13-14H,12,15H2. The van der Waals surface area contributed by atoms with Crippen molar-refractivity contribution in [1.29, 1.82) is 0 Å². The van der Waals surface area contributed by atoms with Crippen molar-refractivity contribution in [2.45, 2.75) is 11.3 Å². The van der Waals surface area contributed by atoms with Gasteiger partial charge in [0.05, 0.1) is 0 Å². The van der Waals surface area contributed by atoms with E-state index in [1.165, 1.54) is 21.6 Å². The van der Waals surface area contributed by atoms with Crippen molar-refractivity contribution in [2.24, 2.45) is 0 Å². The van der Waals surface area contributed by atoms with E-state index in [2.05, 4.69) is 65.6 Å². The number of hydrogen-bond donors (Lipinski definition) is 0. The molecule has 104 valence electrons. The average molecular weight is 291 g/mol. The number of benzene rings is 2. The third kappa shape index (κ3) is 3.96. The molecule has 0 amide bonds. The molecule has 0 unspecified atom stereocenters. The van der Waals surface area contributed by atoms with Gasteiger partial charge in [0, 0.05) is 23.0 Å². The summed E-state index contributed by atoms with van der Waals surface area (Å²) >= 11 is 1.90. The summed E-state index contributed by atoms with van der Waals surface area (Å²) in [4.78, 5) is 5.37. The van der Waals surface area contributed by atoms with Crippen LogP contribution < -0.4 is 0 Å². The van der Waals surface area contributed by atoms with Gasteiger partial charge in [-0.05, 0) is 47.4 Å². The van der Waals surface area contributed by atoms with E-state index in [0.29, 0.717) is 0 Å². The Hall–Kier alpha value is -2.06. The van der Waals surface area contributed by atoms with Gasteiger partial charge in [0.15, 0.2) is 0 Å². The lowest BCUT2D eigenvalue weighted by atomic mass is 10.1. The molecule has 2 heteroatoms. The van der Waals surface area contributed by atoms with E-state index >= 15 is 0 Å². The molecule has 0 aliphatic carbocycles. The maximum absolute atomic E-state index is 4.04. The largest absolute Gasteiger partial charge is 0.265 e. The van der Waals surface area contributed by atoms with Gasteiger partial charge in [-0.3, -0.25) is 4.98 Å². The predicted octanol–water partition coefficient (Wildman–Crippen LogP) is 5.08. The molecule has 0 radical (unpaired) electrons. The summed E-state index contributed by atoms with van der Waals surface area (Å²) in [5, 5.41) is 0. The van der Waals surface area contributed by atoms with Crippen LogP contribution in [0.1, 0.15) is 5.56 Å². The lowest BCUT2D eigenvalue weighted by Gasteiger charge is -2.05. The summed E-state index contributed by atoms with van der Waals surface area (Å²) in [6.07, 6.45) is 4.79. The van der Waals surface area contributed by atoms with Crippen molar-refractivity contribution in [3.63, 3.8) is 0 Å². The fraction of sp³-hybridized carbons (Fsp3) is 0.105. The van der Waals surface area contributed by atoms with Crippen molar-refractivity contribution in [3.05, 3.63) is 84.7 Å². The smallest absolute Gasteiger partial charge is 0.0270 e. The van der Waals surface area contributed by atoms with E-state index in [-0.39, 0.29) is 0 Å². The number of aromatic nitrogens is 1. The number of hydrogen-bond acceptors (Lipinski definition) is 2. The Morgan fingerprint density at radius 3 is 2.10 bits per heavy atom.